The molecule has 0 spiro atoms. The van der Waals surface area contributed by atoms with E-state index in [1.165, 1.54) is 18.2 Å². The summed E-state index contributed by atoms with van der Waals surface area (Å²) in [5.74, 6) is 0.553. The number of alkyl halides is 3. The van der Waals surface area contributed by atoms with Crippen LogP contribution < -0.4 is 15.4 Å². The van der Waals surface area contributed by atoms with E-state index in [9.17, 15) is 13.2 Å². The molecule has 3 rings (SSSR count). The maximum Gasteiger partial charge on any atom is 0.573 e. The van der Waals surface area contributed by atoms with Gasteiger partial charge in [0.25, 0.3) is 0 Å². The second kappa shape index (κ2) is 8.97. The topological polar surface area (TPSA) is 59.1 Å². The van der Waals surface area contributed by atoms with Crippen LogP contribution in [0.2, 0.25) is 0 Å². The Morgan fingerprint density at radius 3 is 2.19 bits per heavy atom. The third kappa shape index (κ3) is 6.59. The predicted octanol–water partition coefficient (Wildman–Crippen LogP) is 7.38. The van der Waals surface area contributed by atoms with Gasteiger partial charge in [-0.2, -0.15) is 4.98 Å². The van der Waals surface area contributed by atoms with Crippen molar-refractivity contribution < 1.29 is 17.9 Å². The molecule has 0 amide bonds. The number of anilines is 3. The summed E-state index contributed by atoms with van der Waals surface area (Å²) in [6.07, 6.45) is -4.77. The Labute approximate surface area is 193 Å². The van der Waals surface area contributed by atoms with Crippen LogP contribution in [0.3, 0.4) is 0 Å². The Morgan fingerprint density at radius 1 is 0.938 bits per heavy atom. The molecule has 5 nitrogen and oxygen atoms in total. The van der Waals surface area contributed by atoms with E-state index in [4.69, 9.17) is 0 Å². The lowest BCUT2D eigenvalue weighted by molar-refractivity contribution is -0.274. The van der Waals surface area contributed by atoms with E-state index in [2.05, 4.69) is 41.3 Å². The van der Waals surface area contributed by atoms with Gasteiger partial charge in [0.2, 0.25) is 5.95 Å². The van der Waals surface area contributed by atoms with Crippen molar-refractivity contribution in [1.82, 2.24) is 9.97 Å². The maximum atomic E-state index is 12.7. The summed E-state index contributed by atoms with van der Waals surface area (Å²) >= 11 is 3.49. The van der Waals surface area contributed by atoms with Gasteiger partial charge < -0.3 is 15.4 Å². The highest BCUT2D eigenvalue weighted by atomic mass is 79.9. The molecule has 1 aromatic heterocycles. The molecule has 0 radical (unpaired) electrons. The first-order valence-corrected chi connectivity index (χ1v) is 10.7. The zero-order valence-electron chi connectivity index (χ0n) is 18.4. The number of nitrogens with one attached hydrogen (secondary N) is 2. The Bertz CT molecular complexity index is 1100. The zero-order chi connectivity index (χ0) is 23.7. The van der Waals surface area contributed by atoms with Gasteiger partial charge in [-0.15, -0.1) is 13.2 Å². The van der Waals surface area contributed by atoms with Crippen molar-refractivity contribution in [2.45, 2.75) is 46.5 Å². The number of ether oxygens (including phenoxy) is 1. The van der Waals surface area contributed by atoms with Crippen LogP contribution in [-0.2, 0) is 0 Å². The number of halogens is 4. The molecule has 0 bridgehead atoms. The second-order valence-electron chi connectivity index (χ2n) is 8.45. The molecule has 9 heteroatoms. The standard InChI is InChI=1S/C23H24BrF3N4O/c1-13-9-16(24)10-14(2)20(13)29-19-12-18(28-21(30-19)31-22(3,4)5)15-7-6-8-17(11-15)32-23(25,26)27/h6-12H,1-5H3,(H2,28,29,30,31). The minimum Gasteiger partial charge on any atom is -0.406 e. The molecule has 3 aromatic rings. The van der Waals surface area contributed by atoms with Gasteiger partial charge in [0.1, 0.15) is 11.6 Å². The van der Waals surface area contributed by atoms with Crippen molar-refractivity contribution in [2.75, 3.05) is 10.6 Å². The number of hydrogen-bond acceptors (Lipinski definition) is 5. The molecular weight excluding hydrogens is 485 g/mol. The average Bonchev–Trinajstić information content (AvgIpc) is 2.62. The lowest BCUT2D eigenvalue weighted by Crippen LogP contribution is -2.27. The minimum absolute atomic E-state index is 0.312. The minimum atomic E-state index is -4.77. The summed E-state index contributed by atoms with van der Waals surface area (Å²) in [7, 11) is 0. The fraction of sp³-hybridized carbons (Fsp3) is 0.304. The van der Waals surface area contributed by atoms with Crippen LogP contribution >= 0.6 is 15.9 Å². The first-order valence-electron chi connectivity index (χ1n) is 9.86. The molecular formula is C23H24BrF3N4O. The molecule has 0 saturated carbocycles. The molecule has 0 saturated heterocycles. The Morgan fingerprint density at radius 2 is 1.59 bits per heavy atom. The van der Waals surface area contributed by atoms with Crippen molar-refractivity contribution in [3.8, 4) is 17.0 Å². The van der Waals surface area contributed by atoms with E-state index in [0.29, 0.717) is 23.0 Å². The van der Waals surface area contributed by atoms with Gasteiger partial charge in [-0.05, 0) is 70.0 Å². The molecule has 0 atom stereocenters. The van der Waals surface area contributed by atoms with E-state index in [0.717, 1.165) is 21.3 Å². The van der Waals surface area contributed by atoms with Gasteiger partial charge in [0, 0.05) is 27.3 Å². The molecule has 0 aliphatic rings. The van der Waals surface area contributed by atoms with Gasteiger partial charge in [0.15, 0.2) is 0 Å². The number of aryl methyl sites for hydroxylation is 2. The van der Waals surface area contributed by atoms with Crippen LogP contribution in [0.1, 0.15) is 31.9 Å². The SMILES string of the molecule is Cc1cc(Br)cc(C)c1Nc1cc(-c2cccc(OC(F)(F)F)c2)nc(NC(C)(C)C)n1. The molecule has 2 N–H and O–H groups in total. The summed E-state index contributed by atoms with van der Waals surface area (Å²) in [6.45, 7) is 9.87. The molecule has 0 aliphatic carbocycles. The third-order valence-corrected chi connectivity index (χ3v) is 4.78. The number of hydrogen-bond donors (Lipinski definition) is 2. The number of benzene rings is 2. The van der Waals surface area contributed by atoms with E-state index in [1.54, 1.807) is 12.1 Å². The second-order valence-corrected chi connectivity index (χ2v) is 9.37. The summed E-state index contributed by atoms with van der Waals surface area (Å²) in [6, 6.07) is 11.4. The van der Waals surface area contributed by atoms with Crippen LogP contribution in [-0.4, -0.2) is 21.9 Å². The van der Waals surface area contributed by atoms with Gasteiger partial charge in [-0.3, -0.25) is 0 Å². The van der Waals surface area contributed by atoms with Gasteiger partial charge in [-0.1, -0.05) is 28.1 Å². The van der Waals surface area contributed by atoms with E-state index < -0.39 is 6.36 Å². The van der Waals surface area contributed by atoms with E-state index in [1.807, 2.05) is 46.8 Å². The van der Waals surface area contributed by atoms with Crippen LogP contribution in [0.25, 0.3) is 11.3 Å². The summed E-state index contributed by atoms with van der Waals surface area (Å²) in [4.78, 5) is 9.09. The number of rotatable bonds is 5. The first-order chi connectivity index (χ1) is 14.8. The van der Waals surface area contributed by atoms with Crippen molar-refractivity contribution in [1.29, 1.82) is 0 Å². The van der Waals surface area contributed by atoms with Crippen LogP contribution in [0, 0.1) is 13.8 Å². The van der Waals surface area contributed by atoms with Crippen molar-refractivity contribution >= 4 is 33.4 Å². The quantitative estimate of drug-likeness (QED) is 0.376. The summed E-state index contributed by atoms with van der Waals surface area (Å²) in [5.41, 5.74) is 3.54. The average molecular weight is 509 g/mol. The fourth-order valence-electron chi connectivity index (χ4n) is 3.14. The highest BCUT2D eigenvalue weighted by Gasteiger charge is 2.31. The molecule has 0 unspecified atom stereocenters. The molecule has 0 aliphatic heterocycles. The lowest BCUT2D eigenvalue weighted by Gasteiger charge is -2.22. The smallest absolute Gasteiger partial charge is 0.406 e. The monoisotopic (exact) mass is 508 g/mol. The van der Waals surface area contributed by atoms with E-state index in [-0.39, 0.29) is 11.3 Å². The maximum absolute atomic E-state index is 12.7. The molecule has 170 valence electrons. The number of nitrogens with zero attached hydrogens (tertiary/aromatic N) is 2. The number of aromatic nitrogens is 2. The Balaban J connectivity index is 2.06. The van der Waals surface area contributed by atoms with Crippen molar-refractivity contribution in [3.63, 3.8) is 0 Å². The largest absolute Gasteiger partial charge is 0.573 e. The summed E-state index contributed by atoms with van der Waals surface area (Å²) < 4.78 is 43.0. The highest BCUT2D eigenvalue weighted by Crippen LogP contribution is 2.32. The van der Waals surface area contributed by atoms with Crippen molar-refractivity contribution in [2.24, 2.45) is 0 Å². The Kier molecular flexibility index (Phi) is 6.69. The van der Waals surface area contributed by atoms with Crippen LogP contribution in [0.15, 0.2) is 46.9 Å². The molecule has 2 aromatic carbocycles. The van der Waals surface area contributed by atoms with Crippen LogP contribution in [0.4, 0.5) is 30.6 Å². The van der Waals surface area contributed by atoms with Gasteiger partial charge in [-0.25, -0.2) is 4.98 Å². The highest BCUT2D eigenvalue weighted by molar-refractivity contribution is 9.10. The fourth-order valence-corrected chi connectivity index (χ4v) is 3.83. The summed E-state index contributed by atoms with van der Waals surface area (Å²) in [5, 5.41) is 6.56. The van der Waals surface area contributed by atoms with Crippen LogP contribution in [0.5, 0.6) is 5.75 Å². The van der Waals surface area contributed by atoms with E-state index >= 15 is 0 Å². The van der Waals surface area contributed by atoms with Crippen molar-refractivity contribution in [3.05, 3.63) is 58.1 Å². The first kappa shape index (κ1) is 23.8. The predicted molar refractivity (Wildman–Crippen MR) is 124 cm³/mol. The molecule has 0 fully saturated rings. The normalized spacial score (nSPS) is 11.9. The Hall–Kier alpha value is -2.81. The van der Waals surface area contributed by atoms with Gasteiger partial charge in [0.05, 0.1) is 5.69 Å². The molecule has 32 heavy (non-hydrogen) atoms. The lowest BCUT2D eigenvalue weighted by atomic mass is 10.1. The third-order valence-electron chi connectivity index (χ3n) is 4.33. The molecule has 1 heterocycles. The zero-order valence-corrected chi connectivity index (χ0v) is 19.9. The van der Waals surface area contributed by atoms with Gasteiger partial charge >= 0.3 is 6.36 Å².